The van der Waals surface area contributed by atoms with E-state index in [-0.39, 0.29) is 5.91 Å². The van der Waals surface area contributed by atoms with E-state index in [1.165, 1.54) is 0 Å². The minimum Gasteiger partial charge on any atom is -0.323 e. The van der Waals surface area contributed by atoms with Crippen molar-refractivity contribution >= 4 is 22.5 Å². The summed E-state index contributed by atoms with van der Waals surface area (Å²) >= 11 is 0. The third-order valence-electron chi connectivity index (χ3n) is 3.81. The fourth-order valence-corrected chi connectivity index (χ4v) is 2.68. The largest absolute Gasteiger partial charge is 0.323 e. The number of rotatable bonds is 3. The number of nitrogens with zero attached hydrogens (tertiary/aromatic N) is 3. The number of anilines is 1. The molecular formula is C17H18N4O. The molecule has 22 heavy (non-hydrogen) atoms. The molecular weight excluding hydrogens is 276 g/mol. The van der Waals surface area contributed by atoms with Crippen LogP contribution in [0.4, 0.5) is 5.69 Å². The summed E-state index contributed by atoms with van der Waals surface area (Å²) in [6, 6.07) is 8.00. The van der Waals surface area contributed by atoms with E-state index in [9.17, 15) is 4.79 Å². The number of fused-ring (bicyclic) bond motifs is 1. The highest BCUT2D eigenvalue weighted by molar-refractivity contribution is 5.93. The zero-order valence-corrected chi connectivity index (χ0v) is 12.9. The molecule has 0 fully saturated rings. The lowest BCUT2D eigenvalue weighted by Crippen LogP contribution is -2.16. The highest BCUT2D eigenvalue weighted by Crippen LogP contribution is 2.23. The van der Waals surface area contributed by atoms with E-state index < -0.39 is 0 Å². The van der Waals surface area contributed by atoms with Crippen LogP contribution in [0.1, 0.15) is 16.8 Å². The molecule has 0 atom stereocenters. The summed E-state index contributed by atoms with van der Waals surface area (Å²) in [5.74, 6) is -0.0590. The lowest BCUT2D eigenvalue weighted by Gasteiger charge is -2.12. The molecule has 0 unspecified atom stereocenters. The van der Waals surface area contributed by atoms with Crippen molar-refractivity contribution in [2.24, 2.45) is 7.05 Å². The quantitative estimate of drug-likeness (QED) is 0.808. The van der Waals surface area contributed by atoms with Gasteiger partial charge in [0.15, 0.2) is 0 Å². The number of amides is 1. The first-order chi connectivity index (χ1) is 10.5. The summed E-state index contributed by atoms with van der Waals surface area (Å²) in [5, 5.41) is 8.00. The molecule has 0 saturated carbocycles. The van der Waals surface area contributed by atoms with Crippen molar-refractivity contribution in [1.29, 1.82) is 0 Å². The number of aryl methyl sites for hydroxylation is 3. The maximum Gasteiger partial charge on any atom is 0.228 e. The highest BCUT2D eigenvalue weighted by Gasteiger charge is 2.13. The van der Waals surface area contributed by atoms with Gasteiger partial charge in [0.05, 0.1) is 23.8 Å². The van der Waals surface area contributed by atoms with Gasteiger partial charge in [-0.1, -0.05) is 18.2 Å². The summed E-state index contributed by atoms with van der Waals surface area (Å²) < 4.78 is 1.66. The average Bonchev–Trinajstić information content (AvgIpc) is 2.88. The van der Waals surface area contributed by atoms with E-state index >= 15 is 0 Å². The molecule has 112 valence electrons. The second-order valence-electron chi connectivity index (χ2n) is 5.45. The van der Waals surface area contributed by atoms with E-state index in [1.54, 1.807) is 17.1 Å². The van der Waals surface area contributed by atoms with Gasteiger partial charge in [-0.15, -0.1) is 0 Å². The van der Waals surface area contributed by atoms with Crippen LogP contribution in [0.2, 0.25) is 0 Å². The van der Waals surface area contributed by atoms with Gasteiger partial charge in [0.2, 0.25) is 5.91 Å². The molecule has 5 nitrogen and oxygen atoms in total. The van der Waals surface area contributed by atoms with E-state index in [0.717, 1.165) is 27.7 Å². The summed E-state index contributed by atoms with van der Waals surface area (Å²) in [7, 11) is 1.82. The minimum atomic E-state index is -0.0590. The number of carbonyl (C=O) groups excluding carboxylic acids is 1. The number of aromatic nitrogens is 3. The summed E-state index contributed by atoms with van der Waals surface area (Å²) in [6.07, 6.45) is 3.72. The highest BCUT2D eigenvalue weighted by atomic mass is 16.1. The van der Waals surface area contributed by atoms with Crippen molar-refractivity contribution in [3.8, 4) is 0 Å². The number of nitrogens with one attached hydrogen (secondary N) is 1. The Morgan fingerprint density at radius 1 is 1.27 bits per heavy atom. The average molecular weight is 294 g/mol. The van der Waals surface area contributed by atoms with Gasteiger partial charge in [-0.2, -0.15) is 5.10 Å². The molecule has 0 radical (unpaired) electrons. The third kappa shape index (κ3) is 2.70. The monoisotopic (exact) mass is 294 g/mol. The second-order valence-corrected chi connectivity index (χ2v) is 5.45. The lowest BCUT2D eigenvalue weighted by atomic mass is 9.99. The van der Waals surface area contributed by atoms with Crippen molar-refractivity contribution in [1.82, 2.24) is 14.8 Å². The molecule has 2 aromatic heterocycles. The molecule has 0 bridgehead atoms. The first kappa shape index (κ1) is 14.3. The molecule has 0 aliphatic heterocycles. The molecule has 5 heteroatoms. The van der Waals surface area contributed by atoms with Crippen molar-refractivity contribution in [3.63, 3.8) is 0 Å². The molecule has 0 spiro atoms. The van der Waals surface area contributed by atoms with Crippen molar-refractivity contribution in [3.05, 3.63) is 53.5 Å². The van der Waals surface area contributed by atoms with Crippen molar-refractivity contribution < 1.29 is 4.79 Å². The smallest absolute Gasteiger partial charge is 0.228 e. The first-order valence-electron chi connectivity index (χ1n) is 7.18. The summed E-state index contributed by atoms with van der Waals surface area (Å²) in [6.45, 7) is 4.00. The summed E-state index contributed by atoms with van der Waals surface area (Å²) in [5.41, 5.74) is 4.67. The minimum absolute atomic E-state index is 0.0590. The second kappa shape index (κ2) is 5.60. The maximum atomic E-state index is 12.3. The first-order valence-corrected chi connectivity index (χ1v) is 7.18. The molecule has 0 aliphatic rings. The Morgan fingerprint density at radius 3 is 2.77 bits per heavy atom. The van der Waals surface area contributed by atoms with Gasteiger partial charge in [0.1, 0.15) is 0 Å². The Bertz CT molecular complexity index is 851. The van der Waals surface area contributed by atoms with Crippen LogP contribution in [0.3, 0.4) is 0 Å². The van der Waals surface area contributed by atoms with E-state index in [2.05, 4.69) is 15.4 Å². The van der Waals surface area contributed by atoms with Crippen LogP contribution >= 0.6 is 0 Å². The van der Waals surface area contributed by atoms with Gasteiger partial charge in [-0.3, -0.25) is 14.5 Å². The van der Waals surface area contributed by atoms with Gasteiger partial charge in [0.25, 0.3) is 0 Å². The fourth-order valence-electron chi connectivity index (χ4n) is 2.68. The maximum absolute atomic E-state index is 12.3. The Balaban J connectivity index is 1.88. The molecule has 2 heterocycles. The van der Waals surface area contributed by atoms with Gasteiger partial charge < -0.3 is 5.32 Å². The van der Waals surface area contributed by atoms with Crippen LogP contribution in [0.5, 0.6) is 0 Å². The molecule has 3 rings (SSSR count). The van der Waals surface area contributed by atoms with Crippen LogP contribution in [0, 0.1) is 13.8 Å². The van der Waals surface area contributed by atoms with Crippen LogP contribution in [-0.4, -0.2) is 20.7 Å². The van der Waals surface area contributed by atoms with Gasteiger partial charge in [-0.05, 0) is 31.0 Å². The molecule has 1 aromatic carbocycles. The topological polar surface area (TPSA) is 59.8 Å². The Morgan fingerprint density at radius 2 is 2.05 bits per heavy atom. The van der Waals surface area contributed by atoms with Crippen LogP contribution < -0.4 is 5.32 Å². The van der Waals surface area contributed by atoms with Crippen molar-refractivity contribution in [2.45, 2.75) is 20.3 Å². The molecule has 0 aliphatic carbocycles. The number of pyridine rings is 1. The Labute approximate surface area is 129 Å². The predicted molar refractivity (Wildman–Crippen MR) is 86.8 cm³/mol. The number of benzene rings is 1. The molecule has 0 saturated heterocycles. The normalized spacial score (nSPS) is 10.9. The molecule has 3 aromatic rings. The van der Waals surface area contributed by atoms with Gasteiger partial charge in [-0.25, -0.2) is 0 Å². The van der Waals surface area contributed by atoms with Crippen LogP contribution in [0.25, 0.3) is 10.9 Å². The number of carbonyl (C=O) groups is 1. The molecule has 1 amide bonds. The van der Waals surface area contributed by atoms with E-state index in [4.69, 9.17) is 0 Å². The lowest BCUT2D eigenvalue weighted by molar-refractivity contribution is -0.115. The van der Waals surface area contributed by atoms with Gasteiger partial charge in [0, 0.05) is 24.3 Å². The van der Waals surface area contributed by atoms with E-state index in [0.29, 0.717) is 12.1 Å². The number of hydrogen-bond donors (Lipinski definition) is 1. The van der Waals surface area contributed by atoms with Crippen molar-refractivity contribution in [2.75, 3.05) is 5.32 Å². The Kier molecular flexibility index (Phi) is 3.63. The molecule has 1 N–H and O–H groups in total. The van der Waals surface area contributed by atoms with Crippen LogP contribution in [-0.2, 0) is 18.3 Å². The summed E-state index contributed by atoms with van der Waals surface area (Å²) in [4.78, 5) is 16.9. The van der Waals surface area contributed by atoms with E-state index in [1.807, 2.05) is 45.2 Å². The standard InChI is InChI=1S/C17H18N4O/c1-11-14-6-4-5-7-16(14)19-12(2)15(11)8-17(22)20-13-9-18-21(3)10-13/h4-7,9-10H,8H2,1-3H3,(H,20,22). The van der Waals surface area contributed by atoms with Gasteiger partial charge >= 0.3 is 0 Å². The fraction of sp³-hybridized carbons (Fsp3) is 0.235. The zero-order valence-electron chi connectivity index (χ0n) is 12.9. The zero-order chi connectivity index (χ0) is 15.7. The number of hydrogen-bond acceptors (Lipinski definition) is 3. The van der Waals surface area contributed by atoms with Crippen LogP contribution in [0.15, 0.2) is 36.7 Å². The Hall–Kier alpha value is -2.69. The third-order valence-corrected chi connectivity index (χ3v) is 3.81. The predicted octanol–water partition coefficient (Wildman–Crippen LogP) is 2.77. The SMILES string of the molecule is Cc1nc2ccccc2c(C)c1CC(=O)Nc1cnn(C)c1. The number of para-hydroxylation sites is 1.